The van der Waals surface area contributed by atoms with Crippen molar-refractivity contribution in [2.45, 2.75) is 30.9 Å². The van der Waals surface area contributed by atoms with Crippen molar-refractivity contribution in [3.63, 3.8) is 0 Å². The predicted octanol–water partition coefficient (Wildman–Crippen LogP) is 5.14. The summed E-state index contributed by atoms with van der Waals surface area (Å²) in [7, 11) is 0. The number of hydrogen-bond acceptors (Lipinski definition) is 5. The number of carbonyl (C=O) groups is 1. The predicted molar refractivity (Wildman–Crippen MR) is 110 cm³/mol. The minimum absolute atomic E-state index is 0.172. The van der Waals surface area contributed by atoms with Crippen LogP contribution in [0.5, 0.6) is 5.75 Å². The average Bonchev–Trinajstić information content (AvgIpc) is 3.12. The number of amides is 1. The Morgan fingerprint density at radius 3 is 2.86 bits per heavy atom. The molecule has 0 aliphatic carbocycles. The Morgan fingerprint density at radius 1 is 1.29 bits per heavy atom. The molecular weight excluding hydrogens is 395 g/mol. The molecule has 0 bridgehead atoms. The van der Waals surface area contributed by atoms with Crippen molar-refractivity contribution in [3.8, 4) is 5.75 Å². The number of benzene rings is 2. The molecule has 1 aliphatic rings. The van der Waals surface area contributed by atoms with Crippen LogP contribution < -0.4 is 10.1 Å². The number of nitrogens with one attached hydrogen (secondary N) is 1. The summed E-state index contributed by atoms with van der Waals surface area (Å²) in [5, 5.41) is 6.01. The molecule has 1 atom stereocenters. The van der Waals surface area contributed by atoms with Gasteiger partial charge >= 0.3 is 0 Å². The zero-order valence-electron chi connectivity index (χ0n) is 15.3. The van der Waals surface area contributed by atoms with Crippen LogP contribution in [0.2, 0.25) is 0 Å². The fraction of sp³-hybridized carbons (Fsp3) is 0.238. The van der Waals surface area contributed by atoms with Crippen LogP contribution >= 0.6 is 23.1 Å². The molecule has 1 aliphatic heterocycles. The number of nitrogens with zero attached hydrogens (tertiary/aromatic N) is 1. The average molecular weight is 415 g/mol. The van der Waals surface area contributed by atoms with Gasteiger partial charge in [-0.2, -0.15) is 0 Å². The van der Waals surface area contributed by atoms with Gasteiger partial charge in [0.25, 0.3) is 5.91 Å². The van der Waals surface area contributed by atoms with E-state index in [1.165, 1.54) is 12.1 Å². The number of halogens is 1. The van der Waals surface area contributed by atoms with Crippen molar-refractivity contribution in [1.82, 2.24) is 10.3 Å². The Morgan fingerprint density at radius 2 is 2.11 bits per heavy atom. The van der Waals surface area contributed by atoms with Gasteiger partial charge in [0, 0.05) is 21.6 Å². The smallest absolute Gasteiger partial charge is 0.251 e. The normalized spacial score (nSPS) is 15.7. The van der Waals surface area contributed by atoms with Gasteiger partial charge in [0.15, 0.2) is 0 Å². The molecule has 0 spiro atoms. The molecule has 0 unspecified atom stereocenters. The van der Waals surface area contributed by atoms with Gasteiger partial charge in [-0.1, -0.05) is 0 Å². The second kappa shape index (κ2) is 8.32. The summed E-state index contributed by atoms with van der Waals surface area (Å²) in [6.07, 6.45) is 0.779. The summed E-state index contributed by atoms with van der Waals surface area (Å²) < 4.78 is 19.3. The molecule has 3 aromatic rings. The van der Waals surface area contributed by atoms with E-state index in [0.717, 1.165) is 33.3 Å². The van der Waals surface area contributed by atoms with Gasteiger partial charge < -0.3 is 10.1 Å². The van der Waals surface area contributed by atoms with Crippen LogP contribution in [0.25, 0.3) is 0 Å². The lowest BCUT2D eigenvalue weighted by atomic mass is 10.0. The summed E-state index contributed by atoms with van der Waals surface area (Å²) in [5.74, 6) is 1.13. The van der Waals surface area contributed by atoms with Crippen molar-refractivity contribution in [3.05, 3.63) is 75.5 Å². The summed E-state index contributed by atoms with van der Waals surface area (Å²) in [6.45, 7) is 2.36. The monoisotopic (exact) mass is 414 g/mol. The number of ether oxygens (including phenoxy) is 1. The van der Waals surface area contributed by atoms with Gasteiger partial charge in [-0.05, 0) is 61.4 Å². The SMILES string of the molecule is Cc1nc(COc2ccc(C(=O)N[C@H]3CCSc4ccc(F)cc43)cc2)cs1. The zero-order valence-corrected chi connectivity index (χ0v) is 16.9. The number of aromatic nitrogens is 1. The number of rotatable bonds is 5. The number of carbonyl (C=O) groups excluding carboxylic acids is 1. The Balaban J connectivity index is 1.40. The van der Waals surface area contributed by atoms with E-state index in [9.17, 15) is 9.18 Å². The number of aryl methyl sites for hydroxylation is 1. The molecule has 4 rings (SSSR count). The fourth-order valence-corrected chi connectivity index (χ4v) is 4.79. The lowest BCUT2D eigenvalue weighted by Gasteiger charge is -2.26. The quantitative estimate of drug-likeness (QED) is 0.628. The third-order valence-electron chi connectivity index (χ3n) is 4.49. The molecule has 144 valence electrons. The first kappa shape index (κ1) is 19.0. The van der Waals surface area contributed by atoms with E-state index in [-0.39, 0.29) is 17.8 Å². The molecule has 0 fully saturated rings. The summed E-state index contributed by atoms with van der Waals surface area (Å²) >= 11 is 3.28. The molecule has 7 heteroatoms. The van der Waals surface area contributed by atoms with E-state index in [1.54, 1.807) is 53.4 Å². The zero-order chi connectivity index (χ0) is 19.5. The van der Waals surface area contributed by atoms with Crippen molar-refractivity contribution < 1.29 is 13.9 Å². The van der Waals surface area contributed by atoms with Crippen LogP contribution in [-0.2, 0) is 6.61 Å². The third kappa shape index (κ3) is 4.36. The lowest BCUT2D eigenvalue weighted by Crippen LogP contribution is -2.30. The van der Waals surface area contributed by atoms with E-state index in [2.05, 4.69) is 10.3 Å². The Kier molecular flexibility index (Phi) is 5.64. The first-order chi connectivity index (χ1) is 13.6. The van der Waals surface area contributed by atoms with Crippen molar-refractivity contribution >= 4 is 29.0 Å². The number of fused-ring (bicyclic) bond motifs is 1. The molecule has 0 radical (unpaired) electrons. The summed E-state index contributed by atoms with van der Waals surface area (Å²) in [4.78, 5) is 18.0. The summed E-state index contributed by atoms with van der Waals surface area (Å²) in [6, 6.07) is 11.6. The van der Waals surface area contributed by atoms with Gasteiger partial charge in [0.1, 0.15) is 18.2 Å². The van der Waals surface area contributed by atoms with Crippen LogP contribution in [0.15, 0.2) is 52.7 Å². The highest BCUT2D eigenvalue weighted by atomic mass is 32.2. The fourth-order valence-electron chi connectivity index (χ4n) is 3.09. The maximum Gasteiger partial charge on any atom is 0.251 e. The molecule has 1 aromatic heterocycles. The molecule has 2 aromatic carbocycles. The Bertz CT molecular complexity index is 988. The minimum Gasteiger partial charge on any atom is -0.487 e. The molecule has 2 heterocycles. The van der Waals surface area contributed by atoms with Crippen molar-refractivity contribution in [2.24, 2.45) is 0 Å². The Labute approximate surface area is 171 Å². The number of thioether (sulfide) groups is 1. The van der Waals surface area contributed by atoms with Gasteiger partial charge in [0.05, 0.1) is 16.7 Å². The molecular formula is C21H19FN2O2S2. The van der Waals surface area contributed by atoms with Crippen LogP contribution in [0, 0.1) is 12.7 Å². The minimum atomic E-state index is -0.280. The largest absolute Gasteiger partial charge is 0.487 e. The molecule has 4 nitrogen and oxygen atoms in total. The van der Waals surface area contributed by atoms with E-state index < -0.39 is 0 Å². The first-order valence-electron chi connectivity index (χ1n) is 8.95. The number of hydrogen-bond donors (Lipinski definition) is 1. The van der Waals surface area contributed by atoms with Crippen LogP contribution in [0.4, 0.5) is 4.39 Å². The highest BCUT2D eigenvalue weighted by Gasteiger charge is 2.23. The van der Waals surface area contributed by atoms with Crippen molar-refractivity contribution in [2.75, 3.05) is 5.75 Å². The van der Waals surface area contributed by atoms with Gasteiger partial charge in [-0.25, -0.2) is 9.37 Å². The van der Waals surface area contributed by atoms with Crippen LogP contribution in [0.3, 0.4) is 0 Å². The lowest BCUT2D eigenvalue weighted by molar-refractivity contribution is 0.0935. The molecule has 1 N–H and O–H groups in total. The highest BCUT2D eigenvalue weighted by molar-refractivity contribution is 7.99. The highest BCUT2D eigenvalue weighted by Crippen LogP contribution is 2.36. The maximum atomic E-state index is 13.6. The Hall–Kier alpha value is -2.38. The second-order valence-corrected chi connectivity index (χ2v) is 8.72. The van der Waals surface area contributed by atoms with E-state index in [1.807, 2.05) is 12.3 Å². The van der Waals surface area contributed by atoms with Gasteiger partial charge in [0.2, 0.25) is 0 Å². The maximum absolute atomic E-state index is 13.6. The van der Waals surface area contributed by atoms with Crippen molar-refractivity contribution in [1.29, 1.82) is 0 Å². The van der Waals surface area contributed by atoms with E-state index in [0.29, 0.717) is 17.9 Å². The first-order valence-corrected chi connectivity index (χ1v) is 10.8. The second-order valence-electron chi connectivity index (χ2n) is 6.52. The summed E-state index contributed by atoms with van der Waals surface area (Å²) in [5.41, 5.74) is 2.29. The molecule has 0 saturated heterocycles. The standard InChI is InChI=1S/C21H19FN2O2S2/c1-13-23-16(12-28-13)11-26-17-5-2-14(3-6-17)21(25)24-19-8-9-27-20-7-4-15(22)10-18(19)20/h2-7,10,12,19H,8-9,11H2,1H3,(H,24,25)/t19-/m0/s1. The van der Waals surface area contributed by atoms with E-state index >= 15 is 0 Å². The van der Waals surface area contributed by atoms with E-state index in [4.69, 9.17) is 4.74 Å². The number of thiazole rings is 1. The topological polar surface area (TPSA) is 51.2 Å². The third-order valence-corrected chi connectivity index (χ3v) is 6.43. The van der Waals surface area contributed by atoms with Gasteiger partial charge in [-0.15, -0.1) is 23.1 Å². The molecule has 28 heavy (non-hydrogen) atoms. The molecule has 1 amide bonds. The van der Waals surface area contributed by atoms with Crippen LogP contribution in [-0.4, -0.2) is 16.6 Å². The van der Waals surface area contributed by atoms with Crippen LogP contribution in [0.1, 0.15) is 39.1 Å². The van der Waals surface area contributed by atoms with Gasteiger partial charge in [-0.3, -0.25) is 4.79 Å². The molecule has 0 saturated carbocycles.